The van der Waals surface area contributed by atoms with Gasteiger partial charge in [0.15, 0.2) is 4.34 Å². The summed E-state index contributed by atoms with van der Waals surface area (Å²) < 4.78 is 4.66. The van der Waals surface area contributed by atoms with Gasteiger partial charge in [-0.05, 0) is 18.5 Å². The highest BCUT2D eigenvalue weighted by Crippen LogP contribution is 2.17. The van der Waals surface area contributed by atoms with Crippen LogP contribution in [0.1, 0.15) is 6.92 Å². The largest absolute Gasteiger partial charge is 0.299 e. The second-order valence-electron chi connectivity index (χ2n) is 1.70. The van der Waals surface area contributed by atoms with E-state index in [0.717, 1.165) is 4.34 Å². The van der Waals surface area contributed by atoms with E-state index in [0.29, 0.717) is 5.75 Å². The van der Waals surface area contributed by atoms with Gasteiger partial charge in [-0.1, -0.05) is 11.8 Å². The van der Waals surface area contributed by atoms with E-state index in [1.54, 1.807) is 6.92 Å². The van der Waals surface area contributed by atoms with E-state index in [9.17, 15) is 4.79 Å². The van der Waals surface area contributed by atoms with Crippen LogP contribution in [0, 0.1) is 0 Å². The Morgan fingerprint density at radius 2 is 2.70 bits per heavy atom. The maximum absolute atomic E-state index is 10.5. The molecule has 0 fully saturated rings. The van der Waals surface area contributed by atoms with Crippen molar-refractivity contribution in [3.05, 3.63) is 6.33 Å². The van der Waals surface area contributed by atoms with Crippen molar-refractivity contribution in [1.29, 1.82) is 0 Å². The van der Waals surface area contributed by atoms with Crippen molar-refractivity contribution in [2.24, 2.45) is 0 Å². The number of rotatable bonds is 3. The van der Waals surface area contributed by atoms with Gasteiger partial charge >= 0.3 is 0 Å². The Kier molecular flexibility index (Phi) is 2.82. The molecular weight excluding hydrogens is 168 g/mol. The molecule has 54 valence electrons. The molecule has 3 nitrogen and oxygen atoms in total. The van der Waals surface area contributed by atoms with E-state index in [2.05, 4.69) is 9.36 Å². The van der Waals surface area contributed by atoms with Crippen molar-refractivity contribution in [2.45, 2.75) is 11.3 Å². The molecule has 0 bridgehead atoms. The van der Waals surface area contributed by atoms with Crippen molar-refractivity contribution in [3.8, 4) is 0 Å². The van der Waals surface area contributed by atoms with Crippen LogP contribution in [0.5, 0.6) is 0 Å². The molecule has 0 aliphatic carbocycles. The third-order valence-corrected chi connectivity index (χ3v) is 2.68. The summed E-state index contributed by atoms with van der Waals surface area (Å²) >= 11 is 2.75. The minimum Gasteiger partial charge on any atom is -0.299 e. The predicted molar refractivity (Wildman–Crippen MR) is 41.3 cm³/mol. The summed E-state index contributed by atoms with van der Waals surface area (Å²) in [5.74, 6) is 0.662. The molecule has 1 rings (SSSR count). The molecule has 0 spiro atoms. The van der Waals surface area contributed by atoms with Crippen molar-refractivity contribution < 1.29 is 4.79 Å². The number of thioether (sulfide) groups is 1. The molecule has 0 radical (unpaired) electrons. The number of aromatic nitrogens is 2. The molecule has 1 aromatic heterocycles. The first-order chi connectivity index (χ1) is 4.79. The molecule has 10 heavy (non-hydrogen) atoms. The molecule has 0 aliphatic rings. The number of hydrogen-bond acceptors (Lipinski definition) is 5. The first kappa shape index (κ1) is 7.68. The number of hydrogen-bond donors (Lipinski definition) is 0. The normalized spacial score (nSPS) is 9.70. The minimum absolute atomic E-state index is 0.167. The molecule has 0 N–H and O–H groups in total. The van der Waals surface area contributed by atoms with E-state index in [4.69, 9.17) is 0 Å². The highest BCUT2D eigenvalue weighted by molar-refractivity contribution is 8.01. The minimum atomic E-state index is 0.167. The Morgan fingerprint density at radius 3 is 3.20 bits per heavy atom. The average molecular weight is 174 g/mol. The highest BCUT2D eigenvalue weighted by atomic mass is 32.2. The summed E-state index contributed by atoms with van der Waals surface area (Å²) in [7, 11) is 0. The first-order valence-electron chi connectivity index (χ1n) is 2.68. The van der Waals surface area contributed by atoms with Gasteiger partial charge in [0.25, 0.3) is 0 Å². The van der Waals surface area contributed by atoms with Crippen molar-refractivity contribution in [1.82, 2.24) is 9.36 Å². The van der Waals surface area contributed by atoms with E-state index in [1.165, 1.54) is 29.6 Å². The lowest BCUT2D eigenvalue weighted by atomic mass is 10.5. The lowest BCUT2D eigenvalue weighted by Crippen LogP contribution is -1.91. The molecule has 0 aliphatic heterocycles. The summed E-state index contributed by atoms with van der Waals surface area (Å²) in [6.45, 7) is 1.56. The second kappa shape index (κ2) is 3.68. The fourth-order valence-corrected chi connectivity index (χ4v) is 1.63. The standard InChI is InChI=1S/C5H6N2OS2/c1-4(8)2-9-5-6-3-7-10-5/h3H,2H2,1H3. The molecule has 5 heteroatoms. The molecule has 0 saturated heterocycles. The third-order valence-electron chi connectivity index (χ3n) is 0.740. The van der Waals surface area contributed by atoms with Crippen molar-refractivity contribution >= 4 is 29.1 Å². The summed E-state index contributed by atoms with van der Waals surface area (Å²) in [4.78, 5) is 14.4. The molecule has 1 aromatic rings. The van der Waals surface area contributed by atoms with Crippen LogP contribution in [0.15, 0.2) is 10.7 Å². The van der Waals surface area contributed by atoms with Crippen LogP contribution in [0.4, 0.5) is 0 Å². The van der Waals surface area contributed by atoms with Gasteiger partial charge in [-0.15, -0.1) is 0 Å². The zero-order valence-electron chi connectivity index (χ0n) is 5.40. The monoisotopic (exact) mass is 174 g/mol. The van der Waals surface area contributed by atoms with Crippen molar-refractivity contribution in [2.75, 3.05) is 5.75 Å². The van der Waals surface area contributed by atoms with Gasteiger partial charge in [0.1, 0.15) is 12.1 Å². The molecule has 1 heterocycles. The SMILES string of the molecule is CC(=O)CSc1ncns1. The first-order valence-corrected chi connectivity index (χ1v) is 4.44. The summed E-state index contributed by atoms with van der Waals surface area (Å²) in [5, 5.41) is 0. The van der Waals surface area contributed by atoms with Gasteiger partial charge in [-0.3, -0.25) is 4.79 Å². The molecule has 0 atom stereocenters. The van der Waals surface area contributed by atoms with Crippen LogP contribution in [-0.4, -0.2) is 20.9 Å². The molecule has 0 saturated carbocycles. The Labute approximate surface area is 67.0 Å². The lowest BCUT2D eigenvalue weighted by Gasteiger charge is -1.88. The Bertz CT molecular complexity index is 209. The average Bonchev–Trinajstić information content (AvgIpc) is 2.34. The van der Waals surface area contributed by atoms with E-state index in [-0.39, 0.29) is 5.78 Å². The van der Waals surface area contributed by atoms with E-state index in [1.807, 2.05) is 0 Å². The third kappa shape index (κ3) is 2.45. The number of Topliss-reactive ketones (excluding diaryl/α,β-unsaturated/α-hetero) is 1. The van der Waals surface area contributed by atoms with Crippen LogP contribution >= 0.6 is 23.3 Å². The highest BCUT2D eigenvalue weighted by Gasteiger charge is 1.98. The van der Waals surface area contributed by atoms with Crippen LogP contribution in [-0.2, 0) is 4.79 Å². The fraction of sp³-hybridized carbons (Fsp3) is 0.400. The zero-order chi connectivity index (χ0) is 7.40. The summed E-state index contributed by atoms with van der Waals surface area (Å²) in [5.41, 5.74) is 0. The van der Waals surface area contributed by atoms with Gasteiger partial charge < -0.3 is 0 Å². The van der Waals surface area contributed by atoms with Crippen LogP contribution in [0.2, 0.25) is 0 Å². The van der Waals surface area contributed by atoms with Crippen LogP contribution < -0.4 is 0 Å². The molecule has 0 unspecified atom stereocenters. The van der Waals surface area contributed by atoms with Crippen LogP contribution in [0.25, 0.3) is 0 Å². The zero-order valence-corrected chi connectivity index (χ0v) is 7.04. The molecular formula is C5H6N2OS2. The number of ketones is 1. The van der Waals surface area contributed by atoms with Gasteiger partial charge in [0.2, 0.25) is 0 Å². The number of carbonyl (C=O) groups is 1. The number of carbonyl (C=O) groups excluding carboxylic acids is 1. The quantitative estimate of drug-likeness (QED) is 0.646. The van der Waals surface area contributed by atoms with Crippen molar-refractivity contribution in [3.63, 3.8) is 0 Å². The van der Waals surface area contributed by atoms with Gasteiger partial charge in [-0.25, -0.2) is 4.98 Å². The van der Waals surface area contributed by atoms with E-state index >= 15 is 0 Å². The topological polar surface area (TPSA) is 42.9 Å². The maximum atomic E-state index is 10.5. The lowest BCUT2D eigenvalue weighted by molar-refractivity contribution is -0.114. The Hall–Kier alpha value is -0.420. The van der Waals surface area contributed by atoms with Crippen LogP contribution in [0.3, 0.4) is 0 Å². The second-order valence-corrected chi connectivity index (χ2v) is 3.70. The Morgan fingerprint density at radius 1 is 1.90 bits per heavy atom. The number of nitrogens with zero attached hydrogens (tertiary/aromatic N) is 2. The predicted octanol–water partition coefficient (Wildman–Crippen LogP) is 1.22. The molecule has 0 aromatic carbocycles. The van der Waals surface area contributed by atoms with Gasteiger partial charge in [0.05, 0.1) is 5.75 Å². The summed E-state index contributed by atoms with van der Waals surface area (Å²) in [6, 6.07) is 0. The van der Waals surface area contributed by atoms with Gasteiger partial charge in [-0.2, -0.15) is 4.37 Å². The van der Waals surface area contributed by atoms with E-state index < -0.39 is 0 Å². The Balaban J connectivity index is 2.35. The smallest absolute Gasteiger partial charge is 0.170 e. The summed E-state index contributed by atoms with van der Waals surface area (Å²) in [6.07, 6.45) is 1.49. The fourth-order valence-electron chi connectivity index (χ4n) is 0.390. The maximum Gasteiger partial charge on any atom is 0.170 e. The molecule has 0 amide bonds. The van der Waals surface area contributed by atoms with Gasteiger partial charge in [0, 0.05) is 0 Å².